The summed E-state index contributed by atoms with van der Waals surface area (Å²) in [5.74, 6) is -2.16. The van der Waals surface area contributed by atoms with Gasteiger partial charge in [-0.15, -0.1) is 6.58 Å². The largest absolute Gasteiger partial charge is 0.488 e. The highest BCUT2D eigenvalue weighted by Crippen LogP contribution is 2.46. The molecule has 2 aromatic heterocycles. The fraction of sp³-hybridized carbons (Fsp3) is 0.528. The van der Waals surface area contributed by atoms with Crippen molar-refractivity contribution in [1.29, 1.82) is 0 Å². The van der Waals surface area contributed by atoms with Crippen LogP contribution in [0.5, 0.6) is 5.75 Å². The van der Waals surface area contributed by atoms with Gasteiger partial charge in [-0.2, -0.15) is 0 Å². The molecule has 1 aromatic carbocycles. The molecule has 5 atom stereocenters. The molecule has 6 rings (SSSR count). The van der Waals surface area contributed by atoms with Gasteiger partial charge in [0.25, 0.3) is 5.91 Å². The van der Waals surface area contributed by atoms with E-state index in [0.29, 0.717) is 29.6 Å². The minimum absolute atomic E-state index is 0.0235. The monoisotopic (exact) mass is 723 g/mol. The van der Waals surface area contributed by atoms with Crippen molar-refractivity contribution in [1.82, 2.24) is 25.2 Å². The first-order valence-electron chi connectivity index (χ1n) is 17.0. The van der Waals surface area contributed by atoms with Gasteiger partial charge in [-0.05, 0) is 63.0 Å². The van der Waals surface area contributed by atoms with Gasteiger partial charge in [-0.1, -0.05) is 26.8 Å². The molecule has 14 nitrogen and oxygen atoms in total. The quantitative estimate of drug-likeness (QED) is 0.259. The molecule has 15 heteroatoms. The number of fused-ring (bicyclic) bond motifs is 3. The Labute approximate surface area is 296 Å². The zero-order valence-corrected chi connectivity index (χ0v) is 30.5. The number of hydrogen-bond acceptors (Lipinski definition) is 10. The van der Waals surface area contributed by atoms with E-state index in [4.69, 9.17) is 13.9 Å². The fourth-order valence-corrected chi connectivity index (χ4v) is 7.95. The number of carbonyl (C=O) groups is 4. The lowest BCUT2D eigenvalue weighted by Crippen LogP contribution is -2.60. The van der Waals surface area contributed by atoms with Crippen LogP contribution >= 0.6 is 0 Å². The van der Waals surface area contributed by atoms with E-state index >= 15 is 0 Å². The predicted octanol–water partition coefficient (Wildman–Crippen LogP) is 3.94. The number of ether oxygens (including phenoxy) is 2. The van der Waals surface area contributed by atoms with Crippen molar-refractivity contribution in [3.63, 3.8) is 0 Å². The molecule has 3 aromatic rings. The Bertz CT molecular complexity index is 2010. The minimum atomic E-state index is -3.90. The van der Waals surface area contributed by atoms with Gasteiger partial charge in [0.1, 0.15) is 40.7 Å². The molecule has 4 amide bonds. The van der Waals surface area contributed by atoms with Crippen LogP contribution in [-0.2, 0) is 29.1 Å². The van der Waals surface area contributed by atoms with Gasteiger partial charge < -0.3 is 29.4 Å². The zero-order valence-electron chi connectivity index (χ0n) is 29.6. The molecule has 3 fully saturated rings. The van der Waals surface area contributed by atoms with Crippen molar-refractivity contribution in [2.45, 2.75) is 102 Å². The molecular formula is C36H45N5O9S. The van der Waals surface area contributed by atoms with Gasteiger partial charge in [0.2, 0.25) is 21.8 Å². The lowest BCUT2D eigenvalue weighted by Gasteiger charge is -2.36. The lowest BCUT2D eigenvalue weighted by atomic mass is 9.85. The molecule has 0 unspecified atom stereocenters. The summed E-state index contributed by atoms with van der Waals surface area (Å²) in [5, 5.41) is 7.27. The Morgan fingerprint density at radius 1 is 1.10 bits per heavy atom. The fourth-order valence-electron chi connectivity index (χ4n) is 6.59. The number of likely N-dealkylation sites (tertiary alicyclic amines) is 1. The molecule has 0 bridgehead atoms. The van der Waals surface area contributed by atoms with E-state index < -0.39 is 79.7 Å². The van der Waals surface area contributed by atoms with Gasteiger partial charge in [0, 0.05) is 41.6 Å². The second kappa shape index (κ2) is 12.8. The average Bonchev–Trinajstić information content (AvgIpc) is 3.92. The van der Waals surface area contributed by atoms with Crippen LogP contribution in [0.4, 0.5) is 4.79 Å². The highest BCUT2D eigenvalue weighted by molar-refractivity contribution is 7.91. The van der Waals surface area contributed by atoms with Crippen molar-refractivity contribution in [2.24, 2.45) is 11.3 Å². The molecule has 51 heavy (non-hydrogen) atoms. The number of hydrogen-bond donors (Lipinski definition) is 3. The van der Waals surface area contributed by atoms with Crippen LogP contribution in [0.25, 0.3) is 21.7 Å². The number of pyridine rings is 1. The molecule has 3 heterocycles. The summed E-state index contributed by atoms with van der Waals surface area (Å²) in [6.45, 7) is 14.2. The van der Waals surface area contributed by atoms with Crippen LogP contribution in [-0.4, -0.2) is 83.2 Å². The first-order valence-corrected chi connectivity index (χ1v) is 18.6. The second-order valence-electron chi connectivity index (χ2n) is 15.7. The van der Waals surface area contributed by atoms with Crippen molar-refractivity contribution >= 4 is 55.6 Å². The number of sulfonamides is 1. The van der Waals surface area contributed by atoms with Crippen molar-refractivity contribution in [3.05, 3.63) is 49.5 Å². The molecular weight excluding hydrogens is 678 g/mol. The van der Waals surface area contributed by atoms with Crippen molar-refractivity contribution in [2.75, 3.05) is 6.54 Å². The maximum atomic E-state index is 14.5. The second-order valence-corrected chi connectivity index (χ2v) is 17.7. The third-order valence-electron chi connectivity index (χ3n) is 9.50. The van der Waals surface area contributed by atoms with Crippen LogP contribution in [0.15, 0.2) is 53.9 Å². The summed E-state index contributed by atoms with van der Waals surface area (Å²) < 4.78 is 45.2. The maximum Gasteiger partial charge on any atom is 0.408 e. The van der Waals surface area contributed by atoms with Crippen molar-refractivity contribution < 1.29 is 41.5 Å². The molecule has 1 aliphatic heterocycles. The Morgan fingerprint density at radius 2 is 1.82 bits per heavy atom. The van der Waals surface area contributed by atoms with E-state index in [1.807, 2.05) is 12.1 Å². The third-order valence-corrected chi connectivity index (χ3v) is 11.3. The van der Waals surface area contributed by atoms with E-state index in [9.17, 15) is 27.6 Å². The third kappa shape index (κ3) is 7.39. The van der Waals surface area contributed by atoms with Gasteiger partial charge in [0.05, 0.1) is 18.1 Å². The van der Waals surface area contributed by atoms with E-state index in [1.165, 1.54) is 11.0 Å². The molecule has 3 N–H and O–H groups in total. The minimum Gasteiger partial charge on any atom is -0.488 e. The zero-order chi connectivity index (χ0) is 37.1. The number of carbonyl (C=O) groups excluding carboxylic acids is 4. The summed E-state index contributed by atoms with van der Waals surface area (Å²) >= 11 is 0. The van der Waals surface area contributed by atoms with Crippen LogP contribution in [0.3, 0.4) is 0 Å². The smallest absolute Gasteiger partial charge is 0.408 e. The SMILES string of the molecule is C=C[C@@H]1C[C@]1(NC(=O)[C@@H]1C[C@@H](Oc2cc3occc3c3ccncc23)CN1C(=O)[C@@H](NC(=O)OC(C)(C)C)C(C)(C)C)C(=O)NS(=O)(=O)C1CC1. The van der Waals surface area contributed by atoms with Crippen LogP contribution in [0.2, 0.25) is 0 Å². The lowest BCUT2D eigenvalue weighted by molar-refractivity contribution is -0.143. The molecule has 3 aliphatic rings. The van der Waals surface area contributed by atoms with Crippen LogP contribution < -0.4 is 20.1 Å². The van der Waals surface area contributed by atoms with E-state index in [0.717, 1.165) is 10.8 Å². The topological polar surface area (TPSA) is 186 Å². The Balaban J connectivity index is 1.31. The number of amides is 4. The normalized spacial score (nSPS) is 24.1. The van der Waals surface area contributed by atoms with E-state index in [-0.39, 0.29) is 19.4 Å². The Hall–Kier alpha value is -4.66. The Kier molecular flexibility index (Phi) is 9.10. The number of nitrogens with zero attached hydrogens (tertiary/aromatic N) is 2. The number of alkyl carbamates (subject to hydrolysis) is 1. The summed E-state index contributed by atoms with van der Waals surface area (Å²) in [6.07, 6.45) is 5.97. The number of nitrogens with one attached hydrogen (secondary N) is 3. The first kappa shape index (κ1) is 36.1. The number of furan rings is 1. The van der Waals surface area contributed by atoms with Gasteiger partial charge in [0.15, 0.2) is 0 Å². The van der Waals surface area contributed by atoms with E-state index in [2.05, 4.69) is 26.9 Å². The van der Waals surface area contributed by atoms with Gasteiger partial charge in [-0.25, -0.2) is 13.2 Å². The van der Waals surface area contributed by atoms with Crippen molar-refractivity contribution in [3.8, 4) is 5.75 Å². The molecule has 2 saturated carbocycles. The number of aromatic nitrogens is 1. The number of rotatable bonds is 10. The predicted molar refractivity (Wildman–Crippen MR) is 188 cm³/mol. The standard InChI is InChI=1S/C36H45N5O9S/c1-8-20-17-36(20,32(44)40-51(46,47)22-9-10-22)39-30(42)26-15-21(49-28-16-27-24(12-14-48-27)23-11-13-37-18-25(23)28)19-41(26)31(43)29(34(2,3)4)38-33(45)50-35(5,6)7/h8,11-14,16,18,20-22,26,29H,1,9-10,15,17,19H2,2-7H3,(H,38,45)(H,39,42)(H,40,44)/t20-,21-,26+,29-,36-/m1/s1. The summed E-state index contributed by atoms with van der Waals surface area (Å²) in [7, 11) is -3.90. The highest BCUT2D eigenvalue weighted by Gasteiger charge is 2.62. The molecule has 0 radical (unpaired) electrons. The van der Waals surface area contributed by atoms with Gasteiger partial charge in [-0.3, -0.25) is 24.1 Å². The van der Waals surface area contributed by atoms with Gasteiger partial charge >= 0.3 is 6.09 Å². The molecule has 1 saturated heterocycles. The average molecular weight is 724 g/mol. The summed E-state index contributed by atoms with van der Waals surface area (Å²) in [4.78, 5) is 60.8. The first-order chi connectivity index (χ1) is 23.8. The van der Waals surface area contributed by atoms with Crippen LogP contribution in [0.1, 0.15) is 67.2 Å². The molecule has 274 valence electrons. The van der Waals surface area contributed by atoms with Crippen LogP contribution in [0, 0.1) is 11.3 Å². The Morgan fingerprint density at radius 3 is 2.45 bits per heavy atom. The van der Waals surface area contributed by atoms with E-state index in [1.54, 1.807) is 66.3 Å². The summed E-state index contributed by atoms with van der Waals surface area (Å²) in [6, 6.07) is 3.16. The molecule has 2 aliphatic carbocycles. The maximum absolute atomic E-state index is 14.5. The highest BCUT2D eigenvalue weighted by atomic mass is 32.2. The molecule has 0 spiro atoms. The number of benzene rings is 1. The summed E-state index contributed by atoms with van der Waals surface area (Å²) in [5.41, 5.74) is -2.62.